The summed E-state index contributed by atoms with van der Waals surface area (Å²) in [5.41, 5.74) is 1.92. The fraction of sp³-hybridized carbons (Fsp3) is 0.167. The van der Waals surface area contributed by atoms with Crippen LogP contribution in [0.2, 0.25) is 0 Å². The zero-order valence-corrected chi connectivity index (χ0v) is 14.0. The Kier molecular flexibility index (Phi) is 4.48. The van der Waals surface area contributed by atoms with Gasteiger partial charge in [0.1, 0.15) is 10.8 Å². The smallest absolute Gasteiger partial charge is 0.164 e. The second kappa shape index (κ2) is 6.71. The summed E-state index contributed by atoms with van der Waals surface area (Å²) in [6.45, 7) is 0. The van der Waals surface area contributed by atoms with Crippen molar-refractivity contribution >= 4 is 33.7 Å². The molecule has 1 aromatic heterocycles. The highest BCUT2D eigenvalue weighted by molar-refractivity contribution is 7.19. The molecule has 3 rings (SSSR count). The quantitative estimate of drug-likeness (QED) is 0.692. The van der Waals surface area contributed by atoms with Crippen LogP contribution in [-0.4, -0.2) is 26.3 Å². The van der Waals surface area contributed by atoms with Crippen molar-refractivity contribution < 1.29 is 14.2 Å². The minimum absolute atomic E-state index is 0.640. The van der Waals surface area contributed by atoms with Crippen molar-refractivity contribution in [1.29, 1.82) is 0 Å². The number of aromatic nitrogens is 1. The number of rotatable bonds is 5. The van der Waals surface area contributed by atoms with Crippen molar-refractivity contribution in [2.24, 2.45) is 0 Å². The molecule has 23 heavy (non-hydrogen) atoms. The number of fused-ring (bicyclic) bond motifs is 1. The molecule has 0 aliphatic carbocycles. The Balaban J connectivity index is 1.97. The monoisotopic (exact) mass is 327 g/mol. The van der Waals surface area contributed by atoms with Gasteiger partial charge in [-0.3, -0.25) is 0 Å². The van der Waals surface area contributed by atoms with E-state index in [0.717, 1.165) is 21.8 Å². The van der Waals surface area contributed by atoms with Gasteiger partial charge in [-0.15, -0.1) is 11.3 Å². The minimum atomic E-state index is 0.640. The van der Waals surface area contributed by atoms with Gasteiger partial charge in [-0.05, 0) is 30.4 Å². The standard InChI is InChI=1S/C18H17NO3S/c1-20-14-11-16(22-3)15(21-2)10-12(14)8-9-18-19-13-6-4-5-7-17(13)23-18/h4-11H,1-3H3/b9-8+. The van der Waals surface area contributed by atoms with E-state index in [2.05, 4.69) is 11.1 Å². The number of methoxy groups -OCH3 is 3. The molecule has 0 bridgehead atoms. The zero-order valence-electron chi connectivity index (χ0n) is 13.2. The molecule has 4 nitrogen and oxygen atoms in total. The van der Waals surface area contributed by atoms with Gasteiger partial charge >= 0.3 is 0 Å². The molecule has 0 spiro atoms. The number of benzene rings is 2. The first kappa shape index (κ1) is 15.4. The summed E-state index contributed by atoms with van der Waals surface area (Å²) in [6, 6.07) is 11.8. The highest BCUT2D eigenvalue weighted by Crippen LogP contribution is 2.35. The Hall–Kier alpha value is -2.53. The Labute approximate surface area is 139 Å². The summed E-state index contributed by atoms with van der Waals surface area (Å²) in [6.07, 6.45) is 3.95. The maximum absolute atomic E-state index is 5.43. The van der Waals surface area contributed by atoms with Crippen LogP contribution >= 0.6 is 11.3 Å². The third-order valence-electron chi connectivity index (χ3n) is 3.45. The summed E-state index contributed by atoms with van der Waals surface area (Å²) in [7, 11) is 4.86. The van der Waals surface area contributed by atoms with E-state index in [0.29, 0.717) is 11.5 Å². The van der Waals surface area contributed by atoms with Crippen LogP contribution in [0.3, 0.4) is 0 Å². The van der Waals surface area contributed by atoms with Crippen molar-refractivity contribution in [2.45, 2.75) is 0 Å². The van der Waals surface area contributed by atoms with Gasteiger partial charge < -0.3 is 14.2 Å². The molecule has 0 amide bonds. The topological polar surface area (TPSA) is 40.6 Å². The SMILES string of the molecule is COc1cc(OC)c(OC)cc1/C=C/c1nc2ccccc2s1. The summed E-state index contributed by atoms with van der Waals surface area (Å²) >= 11 is 1.65. The van der Waals surface area contributed by atoms with E-state index < -0.39 is 0 Å². The first-order chi connectivity index (χ1) is 11.2. The van der Waals surface area contributed by atoms with E-state index >= 15 is 0 Å². The van der Waals surface area contributed by atoms with E-state index in [1.165, 1.54) is 4.70 Å². The van der Waals surface area contributed by atoms with E-state index in [9.17, 15) is 0 Å². The van der Waals surface area contributed by atoms with Crippen LogP contribution in [-0.2, 0) is 0 Å². The summed E-state index contributed by atoms with van der Waals surface area (Å²) < 4.78 is 17.2. The maximum Gasteiger partial charge on any atom is 0.164 e. The molecule has 0 aliphatic heterocycles. The molecule has 1 heterocycles. The Bertz CT molecular complexity index is 822. The molecule has 5 heteroatoms. The van der Waals surface area contributed by atoms with Crippen LogP contribution in [0.4, 0.5) is 0 Å². The lowest BCUT2D eigenvalue weighted by Crippen LogP contribution is -1.94. The summed E-state index contributed by atoms with van der Waals surface area (Å²) in [5.74, 6) is 2.03. The van der Waals surface area contributed by atoms with Crippen LogP contribution in [0.1, 0.15) is 10.6 Å². The second-order valence-corrected chi connectivity index (χ2v) is 5.86. The minimum Gasteiger partial charge on any atom is -0.496 e. The maximum atomic E-state index is 5.43. The Morgan fingerprint density at radius 2 is 1.57 bits per heavy atom. The summed E-state index contributed by atoms with van der Waals surface area (Å²) in [4.78, 5) is 4.59. The molecule has 0 radical (unpaired) electrons. The van der Waals surface area contributed by atoms with E-state index in [4.69, 9.17) is 14.2 Å². The van der Waals surface area contributed by atoms with Gasteiger partial charge in [0, 0.05) is 11.6 Å². The third kappa shape index (κ3) is 3.14. The van der Waals surface area contributed by atoms with Crippen molar-refractivity contribution in [2.75, 3.05) is 21.3 Å². The number of hydrogen-bond donors (Lipinski definition) is 0. The molecule has 0 saturated carbocycles. The fourth-order valence-electron chi connectivity index (χ4n) is 2.31. The zero-order chi connectivity index (χ0) is 16.2. The molecule has 0 atom stereocenters. The Morgan fingerprint density at radius 1 is 0.870 bits per heavy atom. The van der Waals surface area contributed by atoms with Crippen LogP contribution in [0.15, 0.2) is 36.4 Å². The molecule has 0 fully saturated rings. The lowest BCUT2D eigenvalue weighted by atomic mass is 10.1. The average Bonchev–Trinajstić information content (AvgIpc) is 3.01. The van der Waals surface area contributed by atoms with E-state index in [-0.39, 0.29) is 0 Å². The number of ether oxygens (including phenoxy) is 3. The first-order valence-electron chi connectivity index (χ1n) is 7.09. The van der Waals surface area contributed by atoms with Crippen LogP contribution < -0.4 is 14.2 Å². The van der Waals surface area contributed by atoms with Crippen molar-refractivity contribution in [3.63, 3.8) is 0 Å². The van der Waals surface area contributed by atoms with Gasteiger partial charge in [0.05, 0.1) is 31.5 Å². The molecule has 0 unspecified atom stereocenters. The largest absolute Gasteiger partial charge is 0.496 e. The molecular formula is C18H17NO3S. The highest BCUT2D eigenvalue weighted by Gasteiger charge is 2.10. The van der Waals surface area contributed by atoms with Crippen molar-refractivity contribution in [3.8, 4) is 17.2 Å². The first-order valence-corrected chi connectivity index (χ1v) is 7.90. The lowest BCUT2D eigenvalue weighted by Gasteiger charge is -2.11. The van der Waals surface area contributed by atoms with Gasteiger partial charge in [0.25, 0.3) is 0 Å². The van der Waals surface area contributed by atoms with Gasteiger partial charge in [0.15, 0.2) is 11.5 Å². The lowest BCUT2D eigenvalue weighted by molar-refractivity contribution is 0.348. The molecule has 118 valence electrons. The van der Waals surface area contributed by atoms with Crippen molar-refractivity contribution in [3.05, 3.63) is 47.0 Å². The molecule has 2 aromatic carbocycles. The number of para-hydroxylation sites is 1. The van der Waals surface area contributed by atoms with Gasteiger partial charge in [-0.25, -0.2) is 4.98 Å². The van der Waals surface area contributed by atoms with Crippen molar-refractivity contribution in [1.82, 2.24) is 4.98 Å². The number of nitrogens with zero attached hydrogens (tertiary/aromatic N) is 1. The molecule has 0 N–H and O–H groups in total. The molecule has 0 saturated heterocycles. The van der Waals surface area contributed by atoms with Crippen LogP contribution in [0.25, 0.3) is 22.4 Å². The number of hydrogen-bond acceptors (Lipinski definition) is 5. The summed E-state index contributed by atoms with van der Waals surface area (Å²) in [5, 5.41) is 0.947. The Morgan fingerprint density at radius 3 is 2.26 bits per heavy atom. The fourth-order valence-corrected chi connectivity index (χ4v) is 3.18. The highest BCUT2D eigenvalue weighted by atomic mass is 32.1. The molecule has 3 aromatic rings. The van der Waals surface area contributed by atoms with Gasteiger partial charge in [0.2, 0.25) is 0 Å². The average molecular weight is 327 g/mol. The number of thiazole rings is 1. The molecule has 0 aliphatic rings. The third-order valence-corrected chi connectivity index (χ3v) is 4.45. The van der Waals surface area contributed by atoms with E-state index in [1.54, 1.807) is 32.7 Å². The van der Waals surface area contributed by atoms with Crippen LogP contribution in [0.5, 0.6) is 17.2 Å². The van der Waals surface area contributed by atoms with Gasteiger partial charge in [-0.1, -0.05) is 12.1 Å². The predicted molar refractivity (Wildman–Crippen MR) is 94.6 cm³/mol. The van der Waals surface area contributed by atoms with Gasteiger partial charge in [-0.2, -0.15) is 0 Å². The van der Waals surface area contributed by atoms with Crippen LogP contribution in [0, 0.1) is 0 Å². The van der Waals surface area contributed by atoms with E-state index in [1.807, 2.05) is 42.5 Å². The second-order valence-electron chi connectivity index (χ2n) is 4.80. The predicted octanol–water partition coefficient (Wildman–Crippen LogP) is 4.49. The normalized spacial score (nSPS) is 11.1. The molecular weight excluding hydrogens is 310 g/mol.